The van der Waals surface area contributed by atoms with Crippen LogP contribution < -0.4 is 10.2 Å². The SMILES string of the molecule is Brc1ccnc2[nH]ccc12.CS(=O)(=O)N1CCC(c2ncnc3c2CN(c2ccnc4[nH]ccc24)CC3)CC1.CS(=O)(=O)N1CCC(c2ncnc3c2CNCC3)CC1. The van der Waals surface area contributed by atoms with Crippen LogP contribution in [-0.4, -0.2) is 117 Å². The fourth-order valence-electron chi connectivity index (χ4n) is 8.64. The number of hydrogen-bond acceptors (Lipinski definition) is 12. The molecule has 10 heterocycles. The number of rotatable bonds is 5. The van der Waals surface area contributed by atoms with Crippen molar-refractivity contribution in [3.05, 3.63) is 100 Å². The first-order chi connectivity index (χ1) is 28.4. The minimum atomic E-state index is -3.13. The average Bonchev–Trinajstić information content (AvgIpc) is 3.94. The molecule has 16 nitrogen and oxygen atoms in total. The third-order valence-corrected chi connectivity index (χ3v) is 15.0. The highest BCUT2D eigenvalue weighted by Crippen LogP contribution is 2.36. The quantitative estimate of drug-likeness (QED) is 0.217. The Morgan fingerprint density at radius 1 is 0.644 bits per heavy atom. The van der Waals surface area contributed by atoms with Gasteiger partial charge in [-0.05, 0) is 65.9 Å². The molecule has 59 heavy (non-hydrogen) atoms. The van der Waals surface area contributed by atoms with Crippen molar-refractivity contribution >= 4 is 63.7 Å². The highest BCUT2D eigenvalue weighted by molar-refractivity contribution is 9.10. The first-order valence-corrected chi connectivity index (χ1v) is 24.4. The van der Waals surface area contributed by atoms with E-state index >= 15 is 0 Å². The van der Waals surface area contributed by atoms with Crippen LogP contribution in [0.4, 0.5) is 5.69 Å². The molecular weight excluding hydrogens is 857 g/mol. The Morgan fingerprint density at radius 3 is 1.78 bits per heavy atom. The van der Waals surface area contributed by atoms with E-state index in [0.717, 1.165) is 114 Å². The predicted molar refractivity (Wildman–Crippen MR) is 231 cm³/mol. The second-order valence-electron chi connectivity index (χ2n) is 15.4. The largest absolute Gasteiger partial charge is 0.366 e. The first kappa shape index (κ1) is 41.3. The Balaban J connectivity index is 0.000000138. The van der Waals surface area contributed by atoms with E-state index in [2.05, 4.69) is 78.2 Å². The third-order valence-electron chi connectivity index (χ3n) is 11.7. The maximum atomic E-state index is 11.8. The van der Waals surface area contributed by atoms with Crippen LogP contribution in [0.25, 0.3) is 22.1 Å². The van der Waals surface area contributed by atoms with Crippen LogP contribution in [0.2, 0.25) is 0 Å². The first-order valence-electron chi connectivity index (χ1n) is 19.9. The molecule has 0 aliphatic carbocycles. The highest BCUT2D eigenvalue weighted by Gasteiger charge is 2.32. The van der Waals surface area contributed by atoms with Gasteiger partial charge in [-0.3, -0.25) is 0 Å². The second kappa shape index (κ2) is 17.7. The van der Waals surface area contributed by atoms with E-state index in [1.165, 1.54) is 29.3 Å². The molecule has 0 radical (unpaired) electrons. The van der Waals surface area contributed by atoms with Gasteiger partial charge in [0.25, 0.3) is 0 Å². The van der Waals surface area contributed by atoms with E-state index in [-0.39, 0.29) is 5.92 Å². The van der Waals surface area contributed by atoms with Gasteiger partial charge in [0.1, 0.15) is 23.9 Å². The number of aromatic amines is 2. The predicted octanol–water partition coefficient (Wildman–Crippen LogP) is 4.64. The molecular formula is C40H49BrN12O4S2. The maximum absolute atomic E-state index is 11.8. The molecule has 10 rings (SSSR count). The van der Waals surface area contributed by atoms with Crippen LogP contribution in [0.5, 0.6) is 0 Å². The van der Waals surface area contributed by atoms with Crippen LogP contribution in [0.1, 0.15) is 71.4 Å². The summed E-state index contributed by atoms with van der Waals surface area (Å²) in [4.78, 5) is 35.2. The van der Waals surface area contributed by atoms with E-state index in [1.807, 2.05) is 30.7 Å². The standard InChI is InChI=1S/C20H24N6O2S.C13H20N4O2S.C7H5BrN2/c1-29(27,28)26-10-4-14(5-11-26)19-16-12-25(9-6-17(16)23-13-24-19)18-3-8-22-20-15(18)2-7-21-20;1-20(18,19)17-6-3-10(4-7-17)13-11-8-14-5-2-12(11)15-9-16-13;8-6-2-4-10-7-5(6)1-3-9-7/h2-3,7-8,13-14H,4-6,9-12H2,1H3,(H,21,22);9-10,14H,2-8H2,1H3;1-4H,(H,9,10). The van der Waals surface area contributed by atoms with Gasteiger partial charge >= 0.3 is 0 Å². The van der Waals surface area contributed by atoms with Gasteiger partial charge in [0, 0.05) is 140 Å². The van der Waals surface area contributed by atoms with E-state index in [0.29, 0.717) is 32.1 Å². The van der Waals surface area contributed by atoms with Gasteiger partial charge in [0.15, 0.2) is 0 Å². The number of pyridine rings is 2. The number of piperidine rings is 2. The van der Waals surface area contributed by atoms with Crippen molar-refractivity contribution in [3.8, 4) is 0 Å². The summed E-state index contributed by atoms with van der Waals surface area (Å²) in [5.41, 5.74) is 9.91. The Morgan fingerprint density at radius 2 is 1.19 bits per heavy atom. The lowest BCUT2D eigenvalue weighted by molar-refractivity contribution is 0.316. The van der Waals surface area contributed by atoms with Crippen LogP contribution in [0.3, 0.4) is 0 Å². The summed E-state index contributed by atoms with van der Waals surface area (Å²) >= 11 is 3.42. The fraction of sp³-hybridized carbons (Fsp3) is 0.450. The van der Waals surface area contributed by atoms with Crippen molar-refractivity contribution in [1.29, 1.82) is 0 Å². The number of fused-ring (bicyclic) bond motifs is 4. The van der Waals surface area contributed by atoms with E-state index in [1.54, 1.807) is 27.5 Å². The van der Waals surface area contributed by atoms with Gasteiger partial charge in [0.2, 0.25) is 20.0 Å². The van der Waals surface area contributed by atoms with Crippen molar-refractivity contribution in [2.75, 3.05) is 56.7 Å². The van der Waals surface area contributed by atoms with Gasteiger partial charge in [0.05, 0.1) is 29.6 Å². The molecule has 0 aromatic carbocycles. The Labute approximate surface area is 352 Å². The van der Waals surface area contributed by atoms with Crippen LogP contribution >= 0.6 is 15.9 Å². The van der Waals surface area contributed by atoms with Crippen molar-refractivity contribution in [2.24, 2.45) is 0 Å². The van der Waals surface area contributed by atoms with E-state index in [4.69, 9.17) is 0 Å². The number of halogens is 1. The van der Waals surface area contributed by atoms with Gasteiger partial charge in [-0.25, -0.2) is 55.3 Å². The number of nitrogens with one attached hydrogen (secondary N) is 3. The zero-order valence-electron chi connectivity index (χ0n) is 33.2. The lowest BCUT2D eigenvalue weighted by atomic mass is 9.89. The molecule has 4 aliphatic rings. The second-order valence-corrected chi connectivity index (χ2v) is 20.3. The molecule has 19 heteroatoms. The summed E-state index contributed by atoms with van der Waals surface area (Å²) in [5.74, 6) is 0.624. The summed E-state index contributed by atoms with van der Waals surface area (Å²) in [6, 6.07) is 8.05. The monoisotopic (exact) mass is 904 g/mol. The smallest absolute Gasteiger partial charge is 0.211 e. The van der Waals surface area contributed by atoms with E-state index < -0.39 is 20.0 Å². The molecule has 312 valence electrons. The lowest BCUT2D eigenvalue weighted by Gasteiger charge is -2.35. The molecule has 0 unspecified atom stereocenters. The van der Waals surface area contributed by atoms with Crippen LogP contribution in [-0.2, 0) is 46.0 Å². The van der Waals surface area contributed by atoms with Crippen LogP contribution in [0.15, 0.2) is 66.2 Å². The van der Waals surface area contributed by atoms with Crippen molar-refractivity contribution in [1.82, 2.24) is 53.8 Å². The summed E-state index contributed by atoms with van der Waals surface area (Å²) in [5, 5.41) is 5.62. The van der Waals surface area contributed by atoms with Gasteiger partial charge < -0.3 is 20.2 Å². The number of aromatic nitrogens is 8. The number of anilines is 1. The minimum Gasteiger partial charge on any atom is -0.366 e. The van der Waals surface area contributed by atoms with Gasteiger partial charge in [-0.2, -0.15) is 0 Å². The molecule has 2 saturated heterocycles. The number of sulfonamides is 2. The maximum Gasteiger partial charge on any atom is 0.211 e. The third kappa shape index (κ3) is 9.34. The molecule has 0 amide bonds. The molecule has 6 aromatic rings. The van der Waals surface area contributed by atoms with E-state index in [9.17, 15) is 16.8 Å². The molecule has 0 bridgehead atoms. The van der Waals surface area contributed by atoms with Gasteiger partial charge in [-0.1, -0.05) is 0 Å². The zero-order valence-corrected chi connectivity index (χ0v) is 36.4. The Hall–Kier alpha value is -4.40. The molecule has 0 saturated carbocycles. The molecule has 4 aliphatic heterocycles. The highest BCUT2D eigenvalue weighted by atomic mass is 79.9. The number of hydrogen-bond donors (Lipinski definition) is 3. The Kier molecular flexibility index (Phi) is 12.4. The minimum absolute atomic E-state index is 0.273. The van der Waals surface area contributed by atoms with Gasteiger partial charge in [-0.15, -0.1) is 0 Å². The molecule has 0 atom stereocenters. The summed E-state index contributed by atoms with van der Waals surface area (Å²) in [7, 11) is -6.19. The molecule has 3 N–H and O–H groups in total. The summed E-state index contributed by atoms with van der Waals surface area (Å²) in [6.45, 7) is 5.77. The topological polar surface area (TPSA) is 199 Å². The normalized spacial score (nSPS) is 18.4. The number of H-pyrrole nitrogens is 2. The number of nitrogens with zero attached hydrogens (tertiary/aromatic N) is 9. The summed E-state index contributed by atoms with van der Waals surface area (Å²) in [6.07, 6.45) is 18.4. The average molecular weight is 906 g/mol. The molecule has 0 spiro atoms. The van der Waals surface area contributed by atoms with Crippen molar-refractivity contribution < 1.29 is 16.8 Å². The van der Waals surface area contributed by atoms with Crippen molar-refractivity contribution in [3.63, 3.8) is 0 Å². The lowest BCUT2D eigenvalue weighted by Crippen LogP contribution is -2.38. The zero-order chi connectivity index (χ0) is 41.1. The molecule has 6 aromatic heterocycles. The fourth-order valence-corrected chi connectivity index (χ4v) is 10.8. The Bertz CT molecular complexity index is 2640. The molecule has 2 fully saturated rings. The summed E-state index contributed by atoms with van der Waals surface area (Å²) < 4.78 is 51.0. The van der Waals surface area contributed by atoms with Crippen molar-refractivity contribution in [2.45, 2.75) is 63.5 Å². The van der Waals surface area contributed by atoms with Crippen LogP contribution in [0, 0.1) is 0 Å².